The maximum absolute atomic E-state index is 11.7. The number of benzene rings is 2. The molecule has 0 amide bonds. The van der Waals surface area contributed by atoms with Crippen LogP contribution in [-0.4, -0.2) is 39.2 Å². The van der Waals surface area contributed by atoms with Gasteiger partial charge in [0, 0.05) is 37.7 Å². The number of methoxy groups -OCH3 is 1. The lowest BCUT2D eigenvalue weighted by Gasteiger charge is -2.16. The summed E-state index contributed by atoms with van der Waals surface area (Å²) in [4.78, 5) is 22.6. The zero-order chi connectivity index (χ0) is 19.5. The molecule has 0 aliphatic rings. The molecule has 0 aliphatic carbocycles. The average molecular weight is 370 g/mol. The molecule has 5 nitrogen and oxygen atoms in total. The third-order valence-corrected chi connectivity index (χ3v) is 4.10. The lowest BCUT2D eigenvalue weighted by molar-refractivity contribution is -0.143. The first-order chi connectivity index (χ1) is 13.2. The average Bonchev–Trinajstić information content (AvgIpc) is 2.70. The highest BCUT2D eigenvalue weighted by Gasteiger charge is 2.14. The minimum absolute atomic E-state index is 0.219. The lowest BCUT2D eigenvalue weighted by atomic mass is 9.98. The van der Waals surface area contributed by atoms with Crippen LogP contribution in [0.3, 0.4) is 0 Å². The molecule has 0 atom stereocenters. The van der Waals surface area contributed by atoms with Gasteiger partial charge in [0.1, 0.15) is 12.0 Å². The summed E-state index contributed by atoms with van der Waals surface area (Å²) >= 11 is 0. The van der Waals surface area contributed by atoms with E-state index in [0.29, 0.717) is 38.2 Å². The fourth-order valence-corrected chi connectivity index (χ4v) is 2.77. The molecule has 0 aromatic heterocycles. The number of hydrogen-bond donors (Lipinski definition) is 0. The molecule has 0 fully saturated rings. The SMILES string of the molecule is CCOC(=O)CCc1cccc(-c2ccc(C=O)cc2)c1OCCCOC. The summed E-state index contributed by atoms with van der Waals surface area (Å²) in [5, 5.41) is 0. The summed E-state index contributed by atoms with van der Waals surface area (Å²) in [6, 6.07) is 13.3. The molecular formula is C22H26O5. The van der Waals surface area contributed by atoms with Gasteiger partial charge < -0.3 is 14.2 Å². The number of para-hydroxylation sites is 1. The molecule has 0 unspecified atom stereocenters. The first kappa shape index (κ1) is 20.6. The molecule has 0 saturated heterocycles. The maximum atomic E-state index is 11.7. The Morgan fingerprint density at radius 3 is 2.52 bits per heavy atom. The number of carbonyl (C=O) groups is 2. The van der Waals surface area contributed by atoms with Crippen LogP contribution < -0.4 is 4.74 Å². The Labute approximate surface area is 160 Å². The Morgan fingerprint density at radius 2 is 1.85 bits per heavy atom. The Balaban J connectivity index is 2.28. The van der Waals surface area contributed by atoms with E-state index in [1.165, 1.54) is 0 Å². The van der Waals surface area contributed by atoms with Crippen LogP contribution in [0.25, 0.3) is 11.1 Å². The quantitative estimate of drug-likeness (QED) is 0.339. The number of hydrogen-bond acceptors (Lipinski definition) is 5. The van der Waals surface area contributed by atoms with Gasteiger partial charge in [-0.25, -0.2) is 0 Å². The summed E-state index contributed by atoms with van der Waals surface area (Å²) in [5.41, 5.74) is 3.48. The van der Waals surface area contributed by atoms with Crippen LogP contribution in [0.15, 0.2) is 42.5 Å². The molecule has 2 aromatic rings. The highest BCUT2D eigenvalue weighted by Crippen LogP contribution is 2.34. The van der Waals surface area contributed by atoms with Crippen molar-refractivity contribution < 1.29 is 23.8 Å². The predicted octanol–water partition coefficient (Wildman–Crippen LogP) is 4.08. The second-order valence-corrected chi connectivity index (χ2v) is 6.03. The third kappa shape index (κ3) is 6.22. The molecule has 0 saturated carbocycles. The van der Waals surface area contributed by atoms with Crippen LogP contribution in [0.1, 0.15) is 35.7 Å². The zero-order valence-electron chi connectivity index (χ0n) is 15.9. The van der Waals surface area contributed by atoms with E-state index in [2.05, 4.69) is 0 Å². The predicted molar refractivity (Wildman–Crippen MR) is 104 cm³/mol. The highest BCUT2D eigenvalue weighted by atomic mass is 16.5. The summed E-state index contributed by atoms with van der Waals surface area (Å²) in [6.07, 6.45) is 2.43. The third-order valence-electron chi connectivity index (χ3n) is 4.10. The van der Waals surface area contributed by atoms with E-state index in [1.807, 2.05) is 30.3 Å². The van der Waals surface area contributed by atoms with Crippen molar-refractivity contribution in [2.45, 2.75) is 26.2 Å². The van der Waals surface area contributed by atoms with Gasteiger partial charge >= 0.3 is 5.97 Å². The fourth-order valence-electron chi connectivity index (χ4n) is 2.77. The number of esters is 1. The van der Waals surface area contributed by atoms with Gasteiger partial charge in [0.2, 0.25) is 0 Å². The van der Waals surface area contributed by atoms with Crippen molar-refractivity contribution in [2.24, 2.45) is 0 Å². The number of carbonyl (C=O) groups excluding carboxylic acids is 2. The monoisotopic (exact) mass is 370 g/mol. The zero-order valence-corrected chi connectivity index (χ0v) is 15.9. The van der Waals surface area contributed by atoms with Crippen LogP contribution in [0.5, 0.6) is 5.75 Å². The van der Waals surface area contributed by atoms with Gasteiger partial charge in [-0.15, -0.1) is 0 Å². The molecule has 0 aliphatic heterocycles. The molecule has 27 heavy (non-hydrogen) atoms. The molecular weight excluding hydrogens is 344 g/mol. The van der Waals surface area contributed by atoms with Gasteiger partial charge in [-0.3, -0.25) is 9.59 Å². The number of aryl methyl sites for hydroxylation is 1. The molecule has 0 spiro atoms. The second-order valence-electron chi connectivity index (χ2n) is 6.03. The Bertz CT molecular complexity index is 737. The van der Waals surface area contributed by atoms with E-state index in [1.54, 1.807) is 26.2 Å². The number of ether oxygens (including phenoxy) is 3. The first-order valence-corrected chi connectivity index (χ1v) is 9.14. The van der Waals surface area contributed by atoms with Crippen molar-refractivity contribution in [3.63, 3.8) is 0 Å². The normalized spacial score (nSPS) is 10.4. The molecule has 0 heterocycles. The summed E-state index contributed by atoms with van der Waals surface area (Å²) in [6.45, 7) is 3.31. The Kier molecular flexibility index (Phi) is 8.52. The van der Waals surface area contributed by atoms with Crippen molar-refractivity contribution in [1.82, 2.24) is 0 Å². The van der Waals surface area contributed by atoms with Crippen LogP contribution >= 0.6 is 0 Å². The van der Waals surface area contributed by atoms with E-state index in [0.717, 1.165) is 35.1 Å². The van der Waals surface area contributed by atoms with Gasteiger partial charge in [0.25, 0.3) is 0 Å². The van der Waals surface area contributed by atoms with E-state index in [4.69, 9.17) is 14.2 Å². The van der Waals surface area contributed by atoms with Crippen LogP contribution in [-0.2, 0) is 20.7 Å². The molecule has 0 N–H and O–H groups in total. The summed E-state index contributed by atoms with van der Waals surface area (Å²) in [7, 11) is 1.66. The van der Waals surface area contributed by atoms with Gasteiger partial charge in [-0.2, -0.15) is 0 Å². The van der Waals surface area contributed by atoms with Gasteiger partial charge in [-0.05, 0) is 24.5 Å². The molecule has 2 aromatic carbocycles. The smallest absolute Gasteiger partial charge is 0.306 e. The maximum Gasteiger partial charge on any atom is 0.306 e. The van der Waals surface area contributed by atoms with Crippen molar-refractivity contribution in [1.29, 1.82) is 0 Å². The highest BCUT2D eigenvalue weighted by molar-refractivity contribution is 5.79. The fraction of sp³-hybridized carbons (Fsp3) is 0.364. The van der Waals surface area contributed by atoms with E-state index >= 15 is 0 Å². The van der Waals surface area contributed by atoms with Crippen LogP contribution in [0.2, 0.25) is 0 Å². The van der Waals surface area contributed by atoms with Gasteiger partial charge in [0.05, 0.1) is 13.2 Å². The first-order valence-electron chi connectivity index (χ1n) is 9.14. The van der Waals surface area contributed by atoms with Crippen LogP contribution in [0.4, 0.5) is 0 Å². The largest absolute Gasteiger partial charge is 0.493 e. The number of rotatable bonds is 11. The van der Waals surface area contributed by atoms with Crippen molar-refractivity contribution in [3.8, 4) is 16.9 Å². The van der Waals surface area contributed by atoms with E-state index in [9.17, 15) is 9.59 Å². The minimum atomic E-state index is -0.219. The Morgan fingerprint density at radius 1 is 1.07 bits per heavy atom. The molecule has 144 valence electrons. The van der Waals surface area contributed by atoms with Crippen molar-refractivity contribution in [3.05, 3.63) is 53.6 Å². The van der Waals surface area contributed by atoms with E-state index in [-0.39, 0.29) is 5.97 Å². The molecule has 5 heteroatoms. The standard InChI is InChI=1S/C22H26O5/c1-3-26-21(24)13-12-19-6-4-7-20(22(19)27-15-5-14-25-2)18-10-8-17(16-23)9-11-18/h4,6-11,16H,3,5,12-15H2,1-2H3. The van der Waals surface area contributed by atoms with E-state index < -0.39 is 0 Å². The van der Waals surface area contributed by atoms with Gasteiger partial charge in [0.15, 0.2) is 0 Å². The Hall–Kier alpha value is -2.66. The van der Waals surface area contributed by atoms with Crippen molar-refractivity contribution in [2.75, 3.05) is 26.9 Å². The second kappa shape index (κ2) is 11.1. The van der Waals surface area contributed by atoms with Crippen LogP contribution in [0, 0.1) is 0 Å². The molecule has 0 bridgehead atoms. The lowest BCUT2D eigenvalue weighted by Crippen LogP contribution is -2.08. The minimum Gasteiger partial charge on any atom is -0.493 e. The topological polar surface area (TPSA) is 61.8 Å². The van der Waals surface area contributed by atoms with Crippen molar-refractivity contribution >= 4 is 12.3 Å². The molecule has 2 rings (SSSR count). The summed E-state index contributed by atoms with van der Waals surface area (Å²) < 4.78 is 16.2. The summed E-state index contributed by atoms with van der Waals surface area (Å²) in [5.74, 6) is 0.542. The molecule has 0 radical (unpaired) electrons. The number of aldehydes is 1. The van der Waals surface area contributed by atoms with Gasteiger partial charge in [-0.1, -0.05) is 42.5 Å².